The van der Waals surface area contributed by atoms with Crippen molar-refractivity contribution in [1.82, 2.24) is 5.32 Å². The predicted molar refractivity (Wildman–Crippen MR) is 37.2 cm³/mol. The zero-order chi connectivity index (χ0) is 7.19. The highest BCUT2D eigenvalue weighted by Crippen LogP contribution is 2.43. The SMILES string of the molecule is Cl.FC(F)C1(C2CNC2)N=N1. The van der Waals surface area contributed by atoms with Crippen LogP contribution in [-0.2, 0) is 0 Å². The first-order valence-electron chi connectivity index (χ1n) is 3.18. The van der Waals surface area contributed by atoms with E-state index in [0.717, 1.165) is 0 Å². The van der Waals surface area contributed by atoms with Gasteiger partial charge in [-0.05, 0) is 0 Å². The van der Waals surface area contributed by atoms with Crippen molar-refractivity contribution >= 4 is 12.4 Å². The first kappa shape index (κ1) is 8.80. The molecule has 1 fully saturated rings. The van der Waals surface area contributed by atoms with Crippen molar-refractivity contribution in [3.63, 3.8) is 0 Å². The maximum absolute atomic E-state index is 12.1. The van der Waals surface area contributed by atoms with Crippen LogP contribution in [0.15, 0.2) is 10.2 Å². The third kappa shape index (κ3) is 1.12. The molecule has 0 radical (unpaired) electrons. The fraction of sp³-hybridized carbons (Fsp3) is 1.00. The zero-order valence-corrected chi connectivity index (χ0v) is 6.44. The van der Waals surface area contributed by atoms with Crippen LogP contribution in [0.3, 0.4) is 0 Å². The Hall–Kier alpha value is -0.290. The molecule has 0 unspecified atom stereocenters. The van der Waals surface area contributed by atoms with Gasteiger partial charge in [0.2, 0.25) is 0 Å². The molecule has 0 aliphatic carbocycles. The maximum atomic E-state index is 12.1. The Labute approximate surface area is 68.7 Å². The van der Waals surface area contributed by atoms with Gasteiger partial charge in [0, 0.05) is 19.0 Å². The van der Waals surface area contributed by atoms with Gasteiger partial charge in [-0.2, -0.15) is 10.2 Å². The molecule has 6 heteroatoms. The molecule has 2 rings (SSSR count). The highest BCUT2D eigenvalue weighted by atomic mass is 35.5. The first-order chi connectivity index (χ1) is 4.76. The number of alkyl halides is 2. The highest BCUT2D eigenvalue weighted by molar-refractivity contribution is 5.85. The lowest BCUT2D eigenvalue weighted by Crippen LogP contribution is -2.52. The van der Waals surface area contributed by atoms with Crippen LogP contribution in [0.2, 0.25) is 0 Å². The van der Waals surface area contributed by atoms with Gasteiger partial charge < -0.3 is 5.32 Å². The third-order valence-corrected chi connectivity index (χ3v) is 2.03. The van der Waals surface area contributed by atoms with E-state index in [1.165, 1.54) is 0 Å². The highest BCUT2D eigenvalue weighted by Gasteiger charge is 2.57. The maximum Gasteiger partial charge on any atom is 0.287 e. The zero-order valence-electron chi connectivity index (χ0n) is 5.63. The molecule has 0 bridgehead atoms. The number of halogens is 3. The van der Waals surface area contributed by atoms with Crippen molar-refractivity contribution in [3.05, 3.63) is 0 Å². The average molecular weight is 184 g/mol. The lowest BCUT2D eigenvalue weighted by molar-refractivity contribution is 0.0462. The summed E-state index contributed by atoms with van der Waals surface area (Å²) < 4.78 is 24.3. The van der Waals surface area contributed by atoms with Crippen molar-refractivity contribution in [2.45, 2.75) is 12.1 Å². The fourth-order valence-corrected chi connectivity index (χ4v) is 1.08. The molecular formula is C5H8ClF2N3. The van der Waals surface area contributed by atoms with Gasteiger partial charge in [0.1, 0.15) is 0 Å². The lowest BCUT2D eigenvalue weighted by atomic mass is 9.91. The minimum atomic E-state index is -2.42. The van der Waals surface area contributed by atoms with Crippen molar-refractivity contribution in [3.8, 4) is 0 Å². The number of hydrogen-bond acceptors (Lipinski definition) is 3. The lowest BCUT2D eigenvalue weighted by Gasteiger charge is -2.30. The van der Waals surface area contributed by atoms with Crippen molar-refractivity contribution < 1.29 is 8.78 Å². The molecular weight excluding hydrogens is 176 g/mol. The average Bonchev–Trinajstić information content (AvgIpc) is 2.41. The van der Waals surface area contributed by atoms with Crippen LogP contribution in [0, 0.1) is 5.92 Å². The van der Waals surface area contributed by atoms with Crippen LogP contribution in [0.4, 0.5) is 8.78 Å². The van der Waals surface area contributed by atoms with E-state index in [0.29, 0.717) is 13.1 Å². The molecule has 11 heavy (non-hydrogen) atoms. The van der Waals surface area contributed by atoms with E-state index in [2.05, 4.69) is 15.5 Å². The third-order valence-electron chi connectivity index (χ3n) is 2.03. The Bertz CT molecular complexity index is 175. The van der Waals surface area contributed by atoms with Gasteiger partial charge >= 0.3 is 0 Å². The fourth-order valence-electron chi connectivity index (χ4n) is 1.08. The molecule has 2 aliphatic heterocycles. The topological polar surface area (TPSA) is 36.8 Å². The second-order valence-corrected chi connectivity index (χ2v) is 2.64. The molecule has 2 heterocycles. The van der Waals surface area contributed by atoms with Gasteiger partial charge in [-0.1, -0.05) is 0 Å². The molecule has 0 atom stereocenters. The summed E-state index contributed by atoms with van der Waals surface area (Å²) in [7, 11) is 0. The normalized spacial score (nSPS) is 26.1. The van der Waals surface area contributed by atoms with E-state index in [4.69, 9.17) is 0 Å². The van der Waals surface area contributed by atoms with Gasteiger partial charge in [-0.15, -0.1) is 12.4 Å². The monoisotopic (exact) mass is 183 g/mol. The molecule has 0 aromatic carbocycles. The summed E-state index contributed by atoms with van der Waals surface area (Å²) >= 11 is 0. The number of rotatable bonds is 2. The molecule has 64 valence electrons. The molecule has 0 saturated carbocycles. The molecule has 2 aliphatic rings. The Morgan fingerprint density at radius 3 is 2.00 bits per heavy atom. The second kappa shape index (κ2) is 2.64. The molecule has 0 amide bonds. The Balaban J connectivity index is 0.000000605. The molecule has 3 nitrogen and oxygen atoms in total. The second-order valence-electron chi connectivity index (χ2n) is 2.64. The number of nitrogens with one attached hydrogen (secondary N) is 1. The number of nitrogens with zero attached hydrogens (tertiary/aromatic N) is 2. The van der Waals surface area contributed by atoms with Crippen LogP contribution >= 0.6 is 12.4 Å². The van der Waals surface area contributed by atoms with Crippen molar-refractivity contribution in [2.75, 3.05) is 13.1 Å². The Kier molecular flexibility index (Phi) is 2.11. The van der Waals surface area contributed by atoms with E-state index in [9.17, 15) is 8.78 Å². The Morgan fingerprint density at radius 1 is 1.36 bits per heavy atom. The predicted octanol–water partition coefficient (Wildman–Crippen LogP) is 1.05. The first-order valence-corrected chi connectivity index (χ1v) is 3.18. The van der Waals surface area contributed by atoms with Crippen LogP contribution in [0.1, 0.15) is 0 Å². The van der Waals surface area contributed by atoms with Crippen molar-refractivity contribution in [1.29, 1.82) is 0 Å². The van der Waals surface area contributed by atoms with E-state index in [1.54, 1.807) is 0 Å². The van der Waals surface area contributed by atoms with Gasteiger partial charge in [0.25, 0.3) is 12.1 Å². The van der Waals surface area contributed by atoms with E-state index >= 15 is 0 Å². The molecule has 0 aromatic rings. The van der Waals surface area contributed by atoms with Gasteiger partial charge in [-0.3, -0.25) is 0 Å². The summed E-state index contributed by atoms with van der Waals surface area (Å²) in [5.74, 6) is -0.0625. The summed E-state index contributed by atoms with van der Waals surface area (Å²) in [6.45, 7) is 1.24. The summed E-state index contributed by atoms with van der Waals surface area (Å²) in [6, 6.07) is 0. The smallest absolute Gasteiger partial charge is 0.287 e. The van der Waals surface area contributed by atoms with Gasteiger partial charge in [0.15, 0.2) is 0 Å². The van der Waals surface area contributed by atoms with Crippen LogP contribution < -0.4 is 5.32 Å². The largest absolute Gasteiger partial charge is 0.316 e. The van der Waals surface area contributed by atoms with E-state index in [-0.39, 0.29) is 18.3 Å². The summed E-state index contributed by atoms with van der Waals surface area (Å²) in [5, 5.41) is 9.69. The van der Waals surface area contributed by atoms with Crippen LogP contribution in [-0.4, -0.2) is 25.2 Å². The number of hydrogen-bond donors (Lipinski definition) is 1. The minimum absolute atomic E-state index is 0. The van der Waals surface area contributed by atoms with E-state index < -0.39 is 12.1 Å². The Morgan fingerprint density at radius 2 is 1.91 bits per heavy atom. The molecule has 1 saturated heterocycles. The van der Waals surface area contributed by atoms with Gasteiger partial charge in [-0.25, -0.2) is 8.78 Å². The molecule has 0 spiro atoms. The minimum Gasteiger partial charge on any atom is -0.316 e. The van der Waals surface area contributed by atoms with Crippen LogP contribution in [0.5, 0.6) is 0 Å². The summed E-state index contributed by atoms with van der Waals surface area (Å²) in [5.41, 5.74) is -1.30. The summed E-state index contributed by atoms with van der Waals surface area (Å²) in [6.07, 6.45) is -2.42. The van der Waals surface area contributed by atoms with Crippen molar-refractivity contribution in [2.24, 2.45) is 16.1 Å². The summed E-state index contributed by atoms with van der Waals surface area (Å²) in [4.78, 5) is 0. The molecule has 1 N–H and O–H groups in total. The van der Waals surface area contributed by atoms with Gasteiger partial charge in [0.05, 0.1) is 0 Å². The van der Waals surface area contributed by atoms with E-state index in [1.807, 2.05) is 0 Å². The van der Waals surface area contributed by atoms with Crippen LogP contribution in [0.25, 0.3) is 0 Å². The standard InChI is InChI=1S/C5H7F2N3.ClH/c6-4(7)5(9-10-5)3-1-8-2-3;/h3-4,8H,1-2H2;1H. The molecule has 0 aromatic heterocycles. The quantitative estimate of drug-likeness (QED) is 0.683.